The first-order valence-corrected chi connectivity index (χ1v) is 7.67. The number of piperidine rings is 1. The Morgan fingerprint density at radius 1 is 1.10 bits per heavy atom. The van der Waals surface area contributed by atoms with Crippen molar-refractivity contribution in [1.29, 1.82) is 0 Å². The van der Waals surface area contributed by atoms with Gasteiger partial charge in [-0.15, -0.1) is 0 Å². The summed E-state index contributed by atoms with van der Waals surface area (Å²) >= 11 is 0. The van der Waals surface area contributed by atoms with Crippen LogP contribution < -0.4 is 0 Å². The van der Waals surface area contributed by atoms with Gasteiger partial charge in [-0.25, -0.2) is 0 Å². The molecule has 110 valence electrons. The molecule has 3 heteroatoms. The lowest BCUT2D eigenvalue weighted by atomic mass is 9.87. The smallest absolute Gasteiger partial charge is 0.0819 e. The third-order valence-corrected chi connectivity index (χ3v) is 4.35. The molecular weight excluding hydrogens is 260 g/mol. The summed E-state index contributed by atoms with van der Waals surface area (Å²) in [6.07, 6.45) is 5.52. The molecule has 21 heavy (non-hydrogen) atoms. The molecule has 3 rings (SSSR count). The summed E-state index contributed by atoms with van der Waals surface area (Å²) in [5.41, 5.74) is 2.31. The minimum atomic E-state index is -0.327. The normalized spacial score (nSPS) is 18.5. The van der Waals surface area contributed by atoms with E-state index in [0.29, 0.717) is 5.92 Å². The molecule has 1 fully saturated rings. The van der Waals surface area contributed by atoms with E-state index in [-0.39, 0.29) is 6.10 Å². The maximum atomic E-state index is 10.5. The molecule has 2 heterocycles. The molecule has 1 aliphatic heterocycles. The highest BCUT2D eigenvalue weighted by molar-refractivity contribution is 5.18. The molecule has 0 radical (unpaired) electrons. The summed E-state index contributed by atoms with van der Waals surface area (Å²) in [6.45, 7) is 3.05. The van der Waals surface area contributed by atoms with E-state index in [1.54, 1.807) is 0 Å². The summed E-state index contributed by atoms with van der Waals surface area (Å²) in [7, 11) is 0. The van der Waals surface area contributed by atoms with Crippen molar-refractivity contribution in [2.24, 2.45) is 5.92 Å². The van der Waals surface area contributed by atoms with Crippen LogP contribution in [0.25, 0.3) is 0 Å². The first-order valence-electron chi connectivity index (χ1n) is 7.67. The first kappa shape index (κ1) is 14.2. The Morgan fingerprint density at radius 2 is 1.86 bits per heavy atom. The number of aliphatic hydroxyl groups excluding tert-OH is 1. The van der Waals surface area contributed by atoms with Crippen LogP contribution >= 0.6 is 0 Å². The first-order chi connectivity index (χ1) is 10.3. The van der Waals surface area contributed by atoms with Gasteiger partial charge >= 0.3 is 0 Å². The van der Waals surface area contributed by atoms with Gasteiger partial charge < -0.3 is 5.11 Å². The summed E-state index contributed by atoms with van der Waals surface area (Å²) in [5, 5.41) is 10.5. The fourth-order valence-corrected chi connectivity index (χ4v) is 3.10. The summed E-state index contributed by atoms with van der Waals surface area (Å²) in [4.78, 5) is 6.62. The highest BCUT2D eigenvalue weighted by Gasteiger charge is 2.26. The van der Waals surface area contributed by atoms with Crippen molar-refractivity contribution in [3.63, 3.8) is 0 Å². The zero-order valence-electron chi connectivity index (χ0n) is 12.2. The zero-order valence-corrected chi connectivity index (χ0v) is 12.2. The van der Waals surface area contributed by atoms with E-state index in [1.807, 2.05) is 48.8 Å². The maximum Gasteiger partial charge on any atom is 0.0819 e. The van der Waals surface area contributed by atoms with Gasteiger partial charge in [-0.3, -0.25) is 9.88 Å². The second kappa shape index (κ2) is 6.83. The Hall–Kier alpha value is -1.71. The van der Waals surface area contributed by atoms with E-state index in [2.05, 4.69) is 16.0 Å². The van der Waals surface area contributed by atoms with E-state index in [4.69, 9.17) is 0 Å². The molecule has 0 amide bonds. The lowest BCUT2D eigenvalue weighted by Crippen LogP contribution is -2.35. The van der Waals surface area contributed by atoms with Gasteiger partial charge in [0.25, 0.3) is 0 Å². The molecule has 1 unspecified atom stereocenters. The average Bonchev–Trinajstić information content (AvgIpc) is 2.57. The minimum Gasteiger partial charge on any atom is -0.388 e. The summed E-state index contributed by atoms with van der Waals surface area (Å²) in [6, 6.07) is 14.1. The van der Waals surface area contributed by atoms with Crippen LogP contribution in [0.15, 0.2) is 54.9 Å². The monoisotopic (exact) mass is 282 g/mol. The Kier molecular flexibility index (Phi) is 4.63. The van der Waals surface area contributed by atoms with Crippen LogP contribution in [0.3, 0.4) is 0 Å². The summed E-state index contributed by atoms with van der Waals surface area (Å²) < 4.78 is 0. The van der Waals surface area contributed by atoms with Crippen molar-refractivity contribution in [2.75, 3.05) is 13.1 Å². The lowest BCUT2D eigenvalue weighted by Gasteiger charge is -2.34. The number of benzene rings is 1. The van der Waals surface area contributed by atoms with Gasteiger partial charge in [0.15, 0.2) is 0 Å². The summed E-state index contributed by atoms with van der Waals surface area (Å²) in [5.74, 6) is 0.373. The molecule has 1 aliphatic rings. The van der Waals surface area contributed by atoms with Gasteiger partial charge in [-0.2, -0.15) is 0 Å². The van der Waals surface area contributed by atoms with Crippen LogP contribution in [0.5, 0.6) is 0 Å². The predicted molar refractivity (Wildman–Crippen MR) is 83.6 cm³/mol. The zero-order chi connectivity index (χ0) is 14.5. The quantitative estimate of drug-likeness (QED) is 0.936. The van der Waals surface area contributed by atoms with E-state index < -0.39 is 0 Å². The molecule has 1 aromatic heterocycles. The fraction of sp³-hybridized carbons (Fsp3) is 0.389. The molecule has 2 aromatic rings. The second-order valence-corrected chi connectivity index (χ2v) is 5.83. The highest BCUT2D eigenvalue weighted by Crippen LogP contribution is 2.30. The third-order valence-electron chi connectivity index (χ3n) is 4.35. The molecule has 1 aromatic carbocycles. The SMILES string of the molecule is OC(c1ccccc1)C1CCN(Cc2cccnc2)CC1. The molecule has 1 atom stereocenters. The Bertz CT molecular complexity index is 536. The molecule has 0 spiro atoms. The Labute approximate surface area is 126 Å². The number of pyridine rings is 1. The largest absolute Gasteiger partial charge is 0.388 e. The standard InChI is InChI=1S/C18H22N2O/c21-18(16-6-2-1-3-7-16)17-8-11-20(12-9-17)14-15-5-4-10-19-13-15/h1-7,10,13,17-18,21H,8-9,11-12,14H2. The van der Waals surface area contributed by atoms with Crippen LogP contribution in [-0.4, -0.2) is 28.1 Å². The van der Waals surface area contributed by atoms with Crippen molar-refractivity contribution in [3.8, 4) is 0 Å². The topological polar surface area (TPSA) is 36.4 Å². The van der Waals surface area contributed by atoms with E-state index in [9.17, 15) is 5.11 Å². The number of nitrogens with zero attached hydrogens (tertiary/aromatic N) is 2. The molecule has 0 saturated carbocycles. The van der Waals surface area contributed by atoms with Gasteiger partial charge in [-0.05, 0) is 49.0 Å². The number of rotatable bonds is 4. The molecule has 1 saturated heterocycles. The van der Waals surface area contributed by atoms with Gasteiger partial charge in [0.1, 0.15) is 0 Å². The fourth-order valence-electron chi connectivity index (χ4n) is 3.10. The predicted octanol–water partition coefficient (Wildman–Crippen LogP) is 3.03. The second-order valence-electron chi connectivity index (χ2n) is 5.83. The molecular formula is C18H22N2O. The molecule has 1 N–H and O–H groups in total. The van der Waals surface area contributed by atoms with Crippen molar-refractivity contribution in [1.82, 2.24) is 9.88 Å². The maximum absolute atomic E-state index is 10.5. The number of likely N-dealkylation sites (tertiary alicyclic amines) is 1. The van der Waals surface area contributed by atoms with Crippen LogP contribution in [0.1, 0.15) is 30.1 Å². The van der Waals surface area contributed by atoms with Crippen LogP contribution in [-0.2, 0) is 6.54 Å². The van der Waals surface area contributed by atoms with E-state index >= 15 is 0 Å². The van der Waals surface area contributed by atoms with Crippen molar-refractivity contribution < 1.29 is 5.11 Å². The Balaban J connectivity index is 1.53. The van der Waals surface area contributed by atoms with E-state index in [1.165, 1.54) is 5.56 Å². The number of hydrogen-bond donors (Lipinski definition) is 1. The molecule has 3 nitrogen and oxygen atoms in total. The van der Waals surface area contributed by atoms with Crippen LogP contribution in [0.4, 0.5) is 0 Å². The molecule has 0 aliphatic carbocycles. The van der Waals surface area contributed by atoms with Crippen LogP contribution in [0, 0.1) is 5.92 Å². The minimum absolute atomic E-state index is 0.327. The molecule has 0 bridgehead atoms. The number of aliphatic hydroxyl groups is 1. The Morgan fingerprint density at radius 3 is 2.52 bits per heavy atom. The van der Waals surface area contributed by atoms with Crippen molar-refractivity contribution in [3.05, 3.63) is 66.0 Å². The lowest BCUT2D eigenvalue weighted by molar-refractivity contribution is 0.0567. The van der Waals surface area contributed by atoms with Gasteiger partial charge in [0.2, 0.25) is 0 Å². The van der Waals surface area contributed by atoms with Crippen molar-refractivity contribution >= 4 is 0 Å². The third kappa shape index (κ3) is 3.69. The number of hydrogen-bond acceptors (Lipinski definition) is 3. The highest BCUT2D eigenvalue weighted by atomic mass is 16.3. The van der Waals surface area contributed by atoms with Gasteiger partial charge in [-0.1, -0.05) is 36.4 Å². The number of aromatic nitrogens is 1. The van der Waals surface area contributed by atoms with Crippen molar-refractivity contribution in [2.45, 2.75) is 25.5 Å². The van der Waals surface area contributed by atoms with Gasteiger partial charge in [0.05, 0.1) is 6.10 Å². The average molecular weight is 282 g/mol. The van der Waals surface area contributed by atoms with Gasteiger partial charge in [0, 0.05) is 18.9 Å². The van der Waals surface area contributed by atoms with E-state index in [0.717, 1.165) is 38.0 Å². The van der Waals surface area contributed by atoms with Crippen LogP contribution in [0.2, 0.25) is 0 Å².